The first kappa shape index (κ1) is 32.0. The Kier molecular flexibility index (Phi) is 9.18. The summed E-state index contributed by atoms with van der Waals surface area (Å²) >= 11 is 0. The second kappa shape index (κ2) is 12.3. The Bertz CT molecular complexity index is 1370. The molecule has 3 amide bonds. The minimum Gasteiger partial charge on any atom is -0.478 e. The summed E-state index contributed by atoms with van der Waals surface area (Å²) in [5, 5.41) is 12.5. The van der Waals surface area contributed by atoms with Gasteiger partial charge in [0.05, 0.1) is 5.56 Å². The number of halogens is 1. The number of carboxylic acid groups (broad SMARTS) is 1. The summed E-state index contributed by atoms with van der Waals surface area (Å²) < 4.78 is 21.0. The second-order valence-corrected chi connectivity index (χ2v) is 13.0. The maximum absolute atomic E-state index is 15.7. The highest BCUT2D eigenvalue weighted by Crippen LogP contribution is 2.52. The third-order valence-corrected chi connectivity index (χ3v) is 9.10. The van der Waals surface area contributed by atoms with Gasteiger partial charge in [0, 0.05) is 30.3 Å². The van der Waals surface area contributed by atoms with Crippen molar-refractivity contribution in [3.63, 3.8) is 0 Å². The first-order valence-electron chi connectivity index (χ1n) is 14.8. The molecule has 2 unspecified atom stereocenters. The summed E-state index contributed by atoms with van der Waals surface area (Å²) in [5.41, 5.74) is 4.32. The van der Waals surface area contributed by atoms with Crippen LogP contribution in [0.3, 0.4) is 0 Å². The van der Waals surface area contributed by atoms with Crippen LogP contribution in [0, 0.1) is 17.7 Å². The van der Waals surface area contributed by atoms with Gasteiger partial charge >= 0.3 is 12.1 Å². The molecule has 9 nitrogen and oxygen atoms in total. The van der Waals surface area contributed by atoms with Gasteiger partial charge in [-0.1, -0.05) is 42.5 Å². The molecule has 43 heavy (non-hydrogen) atoms. The number of amides is 3. The zero-order valence-corrected chi connectivity index (χ0v) is 25.4. The molecule has 232 valence electrons. The van der Waals surface area contributed by atoms with E-state index in [0.29, 0.717) is 31.2 Å². The van der Waals surface area contributed by atoms with Crippen molar-refractivity contribution in [3.8, 4) is 0 Å². The molecule has 1 saturated heterocycles. The van der Waals surface area contributed by atoms with Crippen LogP contribution < -0.4 is 11.1 Å². The number of nitrogens with zero attached hydrogens (tertiary/aromatic N) is 1. The number of hydrogen-bond acceptors (Lipinski definition) is 5. The number of carbonyl (C=O) groups is 4. The molecule has 2 fully saturated rings. The lowest BCUT2D eigenvalue weighted by molar-refractivity contribution is -0.147. The van der Waals surface area contributed by atoms with Crippen molar-refractivity contribution in [2.24, 2.45) is 17.6 Å². The van der Waals surface area contributed by atoms with E-state index in [2.05, 4.69) is 5.32 Å². The van der Waals surface area contributed by atoms with Crippen LogP contribution in [-0.4, -0.2) is 57.6 Å². The number of nitrogens with two attached hydrogens (primary N) is 1. The SMILES string of the molecule is CC(NC(=O)OC(C)(C)C)C1CCC(C(=O)N2CC(c3cccc(C(=O)O)c3F)[C@@H](c3ccccc3)[C@@]2(C)C(N)=O)CC1. The standard InChI is InChI=1S/C33H42FN3O6/c1-19(36-31(42)43-32(2,3)4)20-14-16-22(17-15-20)28(38)37-18-25(23-12-9-13-24(27(23)34)29(39)40)26(33(37,5)30(35)41)21-10-7-6-8-11-21/h6-13,19-20,22,25-26H,14-18H2,1-5H3,(H2,35,41)(H,36,42)(H,39,40)/t19?,20?,22?,25?,26-,33+/m1/s1. The largest absolute Gasteiger partial charge is 0.478 e. The van der Waals surface area contributed by atoms with Crippen molar-refractivity contribution in [1.82, 2.24) is 10.2 Å². The van der Waals surface area contributed by atoms with Gasteiger partial charge in [0.1, 0.15) is 17.0 Å². The van der Waals surface area contributed by atoms with Gasteiger partial charge in [-0.2, -0.15) is 0 Å². The molecule has 2 aromatic carbocycles. The van der Waals surface area contributed by atoms with Crippen molar-refractivity contribution in [3.05, 3.63) is 71.0 Å². The Labute approximate surface area is 252 Å². The van der Waals surface area contributed by atoms with Crippen molar-refractivity contribution in [2.75, 3.05) is 6.54 Å². The van der Waals surface area contributed by atoms with E-state index in [1.807, 2.05) is 25.1 Å². The van der Waals surface area contributed by atoms with E-state index < -0.39 is 52.3 Å². The van der Waals surface area contributed by atoms with Gasteiger partial charge < -0.3 is 25.8 Å². The smallest absolute Gasteiger partial charge is 0.407 e. The average molecular weight is 596 g/mol. The summed E-state index contributed by atoms with van der Waals surface area (Å²) in [6.45, 7) is 8.97. The van der Waals surface area contributed by atoms with Crippen LogP contribution in [0.2, 0.25) is 0 Å². The predicted octanol–water partition coefficient (Wildman–Crippen LogP) is 5.20. The second-order valence-electron chi connectivity index (χ2n) is 13.0. The molecule has 0 radical (unpaired) electrons. The van der Waals surface area contributed by atoms with Crippen LogP contribution in [0.5, 0.6) is 0 Å². The molecule has 4 atom stereocenters. The van der Waals surface area contributed by atoms with Gasteiger partial charge in [0.2, 0.25) is 11.8 Å². The molecule has 10 heteroatoms. The van der Waals surface area contributed by atoms with Gasteiger partial charge in [0.15, 0.2) is 0 Å². The van der Waals surface area contributed by atoms with Gasteiger partial charge in [0.25, 0.3) is 0 Å². The summed E-state index contributed by atoms with van der Waals surface area (Å²) in [6.07, 6.45) is 2.01. The number of carbonyl (C=O) groups excluding carboxylic acids is 3. The van der Waals surface area contributed by atoms with E-state index in [-0.39, 0.29) is 35.9 Å². The molecule has 1 aliphatic carbocycles. The molecule has 1 saturated carbocycles. The highest BCUT2D eigenvalue weighted by molar-refractivity contribution is 5.93. The molecule has 0 aromatic heterocycles. The Hall–Kier alpha value is -3.95. The normalized spacial score (nSPS) is 26.4. The lowest BCUT2D eigenvalue weighted by Crippen LogP contribution is -2.58. The predicted molar refractivity (Wildman–Crippen MR) is 159 cm³/mol. The Morgan fingerprint density at radius 1 is 1.05 bits per heavy atom. The van der Waals surface area contributed by atoms with Crippen molar-refractivity contribution in [2.45, 2.75) is 89.3 Å². The minimum absolute atomic E-state index is 0.00829. The van der Waals surface area contributed by atoms with Crippen LogP contribution in [0.15, 0.2) is 48.5 Å². The number of nitrogens with one attached hydrogen (secondary N) is 1. The third-order valence-electron chi connectivity index (χ3n) is 9.10. The Morgan fingerprint density at radius 3 is 2.23 bits per heavy atom. The van der Waals surface area contributed by atoms with Crippen LogP contribution >= 0.6 is 0 Å². The van der Waals surface area contributed by atoms with E-state index in [1.165, 1.54) is 23.1 Å². The molecule has 0 bridgehead atoms. The molecular formula is C33H42FN3O6. The zero-order valence-electron chi connectivity index (χ0n) is 25.4. The van der Waals surface area contributed by atoms with Gasteiger partial charge in [-0.15, -0.1) is 0 Å². The first-order valence-corrected chi connectivity index (χ1v) is 14.8. The number of hydrogen-bond donors (Lipinski definition) is 3. The number of ether oxygens (including phenoxy) is 1. The fourth-order valence-electron chi connectivity index (χ4n) is 6.85. The van der Waals surface area contributed by atoms with Crippen LogP contribution in [0.4, 0.5) is 9.18 Å². The fraction of sp³-hybridized carbons (Fsp3) is 0.515. The molecular weight excluding hydrogens is 553 g/mol. The first-order chi connectivity index (χ1) is 20.1. The molecule has 2 aromatic rings. The summed E-state index contributed by atoms with van der Waals surface area (Å²) in [6, 6.07) is 13.1. The van der Waals surface area contributed by atoms with Crippen LogP contribution in [0.1, 0.15) is 93.6 Å². The average Bonchev–Trinajstić information content (AvgIpc) is 3.26. The van der Waals surface area contributed by atoms with Crippen molar-refractivity contribution < 1.29 is 33.4 Å². The lowest BCUT2D eigenvalue weighted by atomic mass is 9.73. The number of alkyl carbamates (subject to hydrolysis) is 1. The number of aromatic carboxylic acids is 1. The number of likely N-dealkylation sites (tertiary alicyclic amines) is 1. The van der Waals surface area contributed by atoms with Gasteiger partial charge in [-0.25, -0.2) is 14.0 Å². The molecule has 0 spiro atoms. The van der Waals surface area contributed by atoms with E-state index in [0.717, 1.165) is 0 Å². The van der Waals surface area contributed by atoms with Crippen LogP contribution in [0.25, 0.3) is 0 Å². The zero-order chi connectivity index (χ0) is 31.7. The van der Waals surface area contributed by atoms with E-state index >= 15 is 4.39 Å². The number of rotatable bonds is 7. The molecule has 4 N–H and O–H groups in total. The summed E-state index contributed by atoms with van der Waals surface area (Å²) in [7, 11) is 0. The lowest BCUT2D eigenvalue weighted by Gasteiger charge is -2.40. The van der Waals surface area contributed by atoms with E-state index in [9.17, 15) is 24.3 Å². The fourth-order valence-corrected chi connectivity index (χ4v) is 6.85. The molecule has 1 heterocycles. The number of primary amides is 1. The Balaban J connectivity index is 1.61. The summed E-state index contributed by atoms with van der Waals surface area (Å²) in [4.78, 5) is 53.0. The van der Waals surface area contributed by atoms with Gasteiger partial charge in [-0.3, -0.25) is 9.59 Å². The highest BCUT2D eigenvalue weighted by Gasteiger charge is 2.58. The Morgan fingerprint density at radius 2 is 1.67 bits per heavy atom. The van der Waals surface area contributed by atoms with E-state index in [4.69, 9.17) is 10.5 Å². The third kappa shape index (κ3) is 6.53. The summed E-state index contributed by atoms with van der Waals surface area (Å²) in [5.74, 6) is -4.87. The van der Waals surface area contributed by atoms with Crippen molar-refractivity contribution >= 4 is 23.9 Å². The van der Waals surface area contributed by atoms with Crippen molar-refractivity contribution in [1.29, 1.82) is 0 Å². The molecule has 2 aliphatic rings. The highest BCUT2D eigenvalue weighted by atomic mass is 19.1. The quantitative estimate of drug-likeness (QED) is 0.402. The molecule has 4 rings (SSSR count). The number of benzene rings is 2. The van der Waals surface area contributed by atoms with E-state index in [1.54, 1.807) is 39.8 Å². The van der Waals surface area contributed by atoms with Gasteiger partial charge in [-0.05, 0) is 83.4 Å². The van der Waals surface area contributed by atoms with Crippen LogP contribution in [-0.2, 0) is 14.3 Å². The minimum atomic E-state index is -1.49. The maximum Gasteiger partial charge on any atom is 0.407 e. The monoisotopic (exact) mass is 595 g/mol. The molecule has 1 aliphatic heterocycles. The maximum atomic E-state index is 15.7. The number of carboxylic acids is 1. The topological polar surface area (TPSA) is 139 Å².